The van der Waals surface area contributed by atoms with E-state index in [1.807, 2.05) is 12.2 Å². The van der Waals surface area contributed by atoms with E-state index in [9.17, 15) is 0 Å². The minimum Gasteiger partial charge on any atom is -0.310 e. The van der Waals surface area contributed by atoms with Gasteiger partial charge in [0.15, 0.2) is 0 Å². The van der Waals surface area contributed by atoms with Crippen LogP contribution in [0.2, 0.25) is 0 Å². The minimum absolute atomic E-state index is 0.423. The molecule has 0 amide bonds. The van der Waals surface area contributed by atoms with E-state index in [1.165, 1.54) is 11.1 Å². The van der Waals surface area contributed by atoms with Crippen LogP contribution in [-0.4, -0.2) is 12.6 Å². The molecule has 0 bridgehead atoms. The van der Waals surface area contributed by atoms with Crippen molar-refractivity contribution in [2.75, 3.05) is 6.54 Å². The van der Waals surface area contributed by atoms with Crippen molar-refractivity contribution >= 4 is 0 Å². The van der Waals surface area contributed by atoms with Gasteiger partial charge in [-0.1, -0.05) is 32.2 Å². The van der Waals surface area contributed by atoms with Crippen LogP contribution >= 0.6 is 0 Å². The summed E-state index contributed by atoms with van der Waals surface area (Å²) in [6, 6.07) is 0.423. The van der Waals surface area contributed by atoms with E-state index in [1.54, 1.807) is 0 Å². The van der Waals surface area contributed by atoms with Crippen molar-refractivity contribution < 1.29 is 0 Å². The highest BCUT2D eigenvalue weighted by Crippen LogP contribution is 2.23. The molecule has 2 atom stereocenters. The molecule has 1 nitrogen and oxygen atoms in total. The largest absolute Gasteiger partial charge is 0.310 e. The third-order valence-corrected chi connectivity index (χ3v) is 2.50. The molecule has 0 radical (unpaired) electrons. The molecule has 1 aliphatic heterocycles. The lowest BCUT2D eigenvalue weighted by molar-refractivity contribution is 0.501. The number of allylic oxidation sites excluding steroid dienone is 1. The molecule has 0 aliphatic carbocycles. The smallest absolute Gasteiger partial charge is 0.0294 e. The van der Waals surface area contributed by atoms with Gasteiger partial charge in [-0.15, -0.1) is 0 Å². The van der Waals surface area contributed by atoms with Gasteiger partial charge in [0.1, 0.15) is 0 Å². The van der Waals surface area contributed by atoms with E-state index in [0.29, 0.717) is 12.0 Å². The Morgan fingerprint density at radius 3 is 2.25 bits per heavy atom. The number of hydrogen-bond acceptors (Lipinski definition) is 1. The molecule has 0 aromatic rings. The molecule has 1 aliphatic rings. The average molecular weight is 163 g/mol. The van der Waals surface area contributed by atoms with E-state index in [0.717, 1.165) is 6.54 Å². The Kier molecular flexibility index (Phi) is 2.88. The van der Waals surface area contributed by atoms with Gasteiger partial charge in [0.25, 0.3) is 0 Å². The maximum atomic E-state index is 3.83. The zero-order chi connectivity index (χ0) is 9.14. The lowest BCUT2D eigenvalue weighted by Crippen LogP contribution is -2.37. The summed E-state index contributed by atoms with van der Waals surface area (Å²) >= 11 is 0. The van der Waals surface area contributed by atoms with Crippen LogP contribution in [0.3, 0.4) is 0 Å². The predicted molar refractivity (Wildman–Crippen MR) is 54.0 cm³/mol. The molecule has 1 N–H and O–H groups in total. The Hall–Kier alpha value is -0.820. The summed E-state index contributed by atoms with van der Waals surface area (Å²) in [7, 11) is 0. The van der Waals surface area contributed by atoms with Crippen LogP contribution < -0.4 is 5.32 Å². The molecule has 0 aromatic heterocycles. The maximum Gasteiger partial charge on any atom is 0.0294 e. The molecule has 1 heteroatoms. The van der Waals surface area contributed by atoms with Crippen LogP contribution in [0.5, 0.6) is 0 Å². The summed E-state index contributed by atoms with van der Waals surface area (Å²) < 4.78 is 0. The number of rotatable bonds is 2. The van der Waals surface area contributed by atoms with Crippen LogP contribution in [0.15, 0.2) is 36.5 Å². The SMILES string of the molecule is C=CC1=C(C=C)C(C)NCC1C. The summed E-state index contributed by atoms with van der Waals surface area (Å²) in [5, 5.41) is 3.42. The Bertz CT molecular complexity index is 201. The van der Waals surface area contributed by atoms with E-state index in [-0.39, 0.29) is 0 Å². The molecule has 1 rings (SSSR count). The van der Waals surface area contributed by atoms with Gasteiger partial charge < -0.3 is 5.32 Å². The molecular formula is C11H17N. The second-order valence-corrected chi connectivity index (χ2v) is 3.35. The van der Waals surface area contributed by atoms with Gasteiger partial charge in [0.2, 0.25) is 0 Å². The van der Waals surface area contributed by atoms with Crippen LogP contribution in [-0.2, 0) is 0 Å². The first-order chi connectivity index (χ1) is 5.70. The van der Waals surface area contributed by atoms with Crippen molar-refractivity contribution in [1.29, 1.82) is 0 Å². The van der Waals surface area contributed by atoms with Gasteiger partial charge in [0.05, 0.1) is 0 Å². The van der Waals surface area contributed by atoms with Gasteiger partial charge in [-0.2, -0.15) is 0 Å². The van der Waals surface area contributed by atoms with Crippen LogP contribution in [0.4, 0.5) is 0 Å². The fourth-order valence-corrected chi connectivity index (χ4v) is 1.72. The van der Waals surface area contributed by atoms with E-state index < -0.39 is 0 Å². The fraction of sp³-hybridized carbons (Fsp3) is 0.455. The van der Waals surface area contributed by atoms with Crippen molar-refractivity contribution in [2.45, 2.75) is 19.9 Å². The summed E-state index contributed by atoms with van der Waals surface area (Å²) in [6.45, 7) is 13.1. The molecule has 12 heavy (non-hydrogen) atoms. The Balaban J connectivity index is 3.05. The zero-order valence-electron chi connectivity index (χ0n) is 7.93. The first-order valence-corrected chi connectivity index (χ1v) is 4.43. The first-order valence-electron chi connectivity index (χ1n) is 4.43. The Labute approximate surface area is 74.9 Å². The molecule has 1 heterocycles. The van der Waals surface area contributed by atoms with E-state index in [2.05, 4.69) is 32.3 Å². The third-order valence-electron chi connectivity index (χ3n) is 2.50. The van der Waals surface area contributed by atoms with Gasteiger partial charge in [-0.25, -0.2) is 0 Å². The van der Waals surface area contributed by atoms with E-state index in [4.69, 9.17) is 0 Å². The van der Waals surface area contributed by atoms with Gasteiger partial charge in [0, 0.05) is 12.6 Å². The molecule has 66 valence electrons. The normalized spacial score (nSPS) is 30.2. The summed E-state index contributed by atoms with van der Waals surface area (Å²) in [6.07, 6.45) is 3.89. The number of hydrogen-bond donors (Lipinski definition) is 1. The zero-order valence-corrected chi connectivity index (χ0v) is 7.93. The summed E-state index contributed by atoms with van der Waals surface area (Å²) in [4.78, 5) is 0. The van der Waals surface area contributed by atoms with Crippen molar-refractivity contribution in [1.82, 2.24) is 5.32 Å². The lowest BCUT2D eigenvalue weighted by Gasteiger charge is -2.28. The van der Waals surface area contributed by atoms with Crippen molar-refractivity contribution in [2.24, 2.45) is 5.92 Å². The maximum absolute atomic E-state index is 3.83. The monoisotopic (exact) mass is 163 g/mol. The second kappa shape index (κ2) is 3.72. The van der Waals surface area contributed by atoms with Crippen molar-refractivity contribution in [3.63, 3.8) is 0 Å². The van der Waals surface area contributed by atoms with Crippen LogP contribution in [0, 0.1) is 5.92 Å². The molecule has 0 saturated heterocycles. The van der Waals surface area contributed by atoms with Crippen LogP contribution in [0.25, 0.3) is 0 Å². The molecule has 0 fully saturated rings. The molecule has 0 aromatic carbocycles. The first kappa shape index (κ1) is 9.27. The van der Waals surface area contributed by atoms with E-state index >= 15 is 0 Å². The fourth-order valence-electron chi connectivity index (χ4n) is 1.72. The molecular weight excluding hydrogens is 146 g/mol. The highest BCUT2D eigenvalue weighted by Gasteiger charge is 2.19. The van der Waals surface area contributed by atoms with Gasteiger partial charge in [-0.3, -0.25) is 0 Å². The van der Waals surface area contributed by atoms with Crippen molar-refractivity contribution in [3.8, 4) is 0 Å². The van der Waals surface area contributed by atoms with Gasteiger partial charge in [-0.05, 0) is 24.0 Å². The van der Waals surface area contributed by atoms with Gasteiger partial charge >= 0.3 is 0 Å². The third kappa shape index (κ3) is 1.51. The Morgan fingerprint density at radius 1 is 1.25 bits per heavy atom. The quantitative estimate of drug-likeness (QED) is 0.658. The predicted octanol–water partition coefficient (Wildman–Crippen LogP) is 2.28. The topological polar surface area (TPSA) is 12.0 Å². The average Bonchev–Trinajstić information content (AvgIpc) is 2.08. The summed E-state index contributed by atoms with van der Waals surface area (Å²) in [5.74, 6) is 0.562. The molecule has 2 unspecified atom stereocenters. The van der Waals surface area contributed by atoms with Crippen molar-refractivity contribution in [3.05, 3.63) is 36.5 Å². The highest BCUT2D eigenvalue weighted by atomic mass is 14.9. The highest BCUT2D eigenvalue weighted by molar-refractivity contribution is 5.38. The second-order valence-electron chi connectivity index (χ2n) is 3.35. The minimum atomic E-state index is 0.423. The number of nitrogens with one attached hydrogen (secondary N) is 1. The Morgan fingerprint density at radius 2 is 1.83 bits per heavy atom. The molecule has 0 spiro atoms. The lowest BCUT2D eigenvalue weighted by atomic mass is 9.88. The molecule has 0 saturated carbocycles. The standard InChI is InChI=1S/C11H17N/c1-5-10-8(3)7-12-9(4)11(10)6-2/h5-6,8-9,12H,1-2,7H2,3-4H3. The summed E-state index contributed by atoms with van der Waals surface area (Å²) in [5.41, 5.74) is 2.64. The van der Waals surface area contributed by atoms with Crippen LogP contribution in [0.1, 0.15) is 13.8 Å².